The average molecular weight is 293 g/mol. The Balaban J connectivity index is 2.12. The van der Waals surface area contributed by atoms with E-state index in [1.807, 2.05) is 0 Å². The Hall–Kier alpha value is -2.44. The van der Waals surface area contributed by atoms with Gasteiger partial charge in [-0.3, -0.25) is 4.79 Å². The molecule has 1 aliphatic heterocycles. The van der Waals surface area contributed by atoms with Crippen LogP contribution in [0.25, 0.3) is 0 Å². The third-order valence-electron chi connectivity index (χ3n) is 3.21. The van der Waals surface area contributed by atoms with Gasteiger partial charge in [0.2, 0.25) is 5.91 Å². The summed E-state index contributed by atoms with van der Waals surface area (Å²) in [4.78, 5) is 12.1. The minimum atomic E-state index is -0.675. The molecule has 4 N–H and O–H groups in total. The predicted octanol–water partition coefficient (Wildman–Crippen LogP) is 1.56. The van der Waals surface area contributed by atoms with Crippen LogP contribution >= 0.6 is 0 Å². The number of fused-ring (bicyclic) bond motifs is 1. The van der Waals surface area contributed by atoms with E-state index in [9.17, 15) is 4.79 Å². The largest absolute Gasteiger partial charge is 0.490 e. The summed E-state index contributed by atoms with van der Waals surface area (Å²) in [6.07, 6.45) is 1.25. The predicted molar refractivity (Wildman–Crippen MR) is 77.9 cm³/mol. The van der Waals surface area contributed by atoms with Crippen molar-refractivity contribution >= 4 is 17.4 Å². The summed E-state index contributed by atoms with van der Waals surface area (Å²) in [7, 11) is 0. The number of nitrogens with two attached hydrogens (primary N) is 1. The number of rotatable bonds is 4. The van der Waals surface area contributed by atoms with Crippen molar-refractivity contribution in [2.45, 2.75) is 19.8 Å². The number of benzene rings is 1. The lowest BCUT2D eigenvalue weighted by Gasteiger charge is -2.14. The van der Waals surface area contributed by atoms with Crippen LogP contribution in [0.2, 0.25) is 0 Å². The first-order chi connectivity index (χ1) is 10.2. The molecule has 0 spiro atoms. The number of carbonyl (C=O) groups is 1. The van der Waals surface area contributed by atoms with E-state index in [-0.39, 0.29) is 11.7 Å². The van der Waals surface area contributed by atoms with E-state index in [0.29, 0.717) is 36.8 Å². The first-order valence-corrected chi connectivity index (χ1v) is 6.83. The van der Waals surface area contributed by atoms with Crippen LogP contribution in [0.1, 0.15) is 19.8 Å². The van der Waals surface area contributed by atoms with Crippen LogP contribution in [0.15, 0.2) is 23.4 Å². The van der Waals surface area contributed by atoms with E-state index < -0.39 is 5.92 Å². The molecule has 1 heterocycles. The number of amidine groups is 1. The van der Waals surface area contributed by atoms with Gasteiger partial charge in [0, 0.05) is 18.2 Å². The molecule has 0 bridgehead atoms. The average Bonchev–Trinajstić information content (AvgIpc) is 2.72. The molecule has 0 saturated heterocycles. The molecular formula is C14H19N3O4. The van der Waals surface area contributed by atoms with Crippen LogP contribution in [0.4, 0.5) is 5.69 Å². The zero-order valence-corrected chi connectivity index (χ0v) is 11.8. The highest BCUT2D eigenvalue weighted by atomic mass is 16.5. The molecule has 0 fully saturated rings. The van der Waals surface area contributed by atoms with Crippen LogP contribution < -0.4 is 20.5 Å². The van der Waals surface area contributed by atoms with Gasteiger partial charge in [-0.25, -0.2) is 0 Å². The van der Waals surface area contributed by atoms with Crippen LogP contribution in [-0.4, -0.2) is 30.2 Å². The Labute approximate surface area is 122 Å². The number of nitrogens with one attached hydrogen (secondary N) is 1. The van der Waals surface area contributed by atoms with Gasteiger partial charge in [0.25, 0.3) is 0 Å². The highest BCUT2D eigenvalue weighted by Crippen LogP contribution is 2.32. The number of oxime groups is 1. The molecule has 7 heteroatoms. The fraction of sp³-hybridized carbons (Fsp3) is 0.429. The third-order valence-corrected chi connectivity index (χ3v) is 3.21. The maximum absolute atomic E-state index is 12.1. The van der Waals surface area contributed by atoms with E-state index in [0.717, 1.165) is 6.42 Å². The molecule has 21 heavy (non-hydrogen) atoms. The summed E-state index contributed by atoms with van der Waals surface area (Å²) < 4.78 is 11.1. The zero-order chi connectivity index (χ0) is 15.2. The second-order valence-electron chi connectivity index (χ2n) is 4.69. The maximum Gasteiger partial charge on any atom is 0.235 e. The van der Waals surface area contributed by atoms with Gasteiger partial charge in [0.1, 0.15) is 0 Å². The van der Waals surface area contributed by atoms with Crippen molar-refractivity contribution in [3.8, 4) is 11.5 Å². The van der Waals surface area contributed by atoms with E-state index in [4.69, 9.17) is 20.4 Å². The van der Waals surface area contributed by atoms with Crippen molar-refractivity contribution in [1.82, 2.24) is 0 Å². The first-order valence-electron chi connectivity index (χ1n) is 6.83. The number of ether oxygens (including phenoxy) is 2. The molecule has 1 aromatic rings. The van der Waals surface area contributed by atoms with Gasteiger partial charge in [-0.2, -0.15) is 0 Å². The van der Waals surface area contributed by atoms with Gasteiger partial charge >= 0.3 is 0 Å². The maximum atomic E-state index is 12.1. The highest BCUT2D eigenvalue weighted by Gasteiger charge is 2.22. The summed E-state index contributed by atoms with van der Waals surface area (Å²) in [6.45, 7) is 2.97. The lowest BCUT2D eigenvalue weighted by atomic mass is 10.0. The quantitative estimate of drug-likeness (QED) is 0.338. The normalized spacial score (nSPS) is 16.0. The lowest BCUT2D eigenvalue weighted by Crippen LogP contribution is -2.34. The number of hydrogen-bond acceptors (Lipinski definition) is 5. The standard InChI is InChI=1S/C14H19N3O4/c1-2-10(13(15)17-19)14(18)16-9-4-5-11-12(8-9)21-7-3-6-20-11/h4-5,8,10,19H,2-3,6-7H2,1H3,(H2,15,17)(H,16,18). The van der Waals surface area contributed by atoms with E-state index >= 15 is 0 Å². The Morgan fingerprint density at radius 1 is 1.43 bits per heavy atom. The Morgan fingerprint density at radius 2 is 2.14 bits per heavy atom. The molecule has 1 unspecified atom stereocenters. The second kappa shape index (κ2) is 6.83. The van der Waals surface area contributed by atoms with Gasteiger partial charge in [-0.05, 0) is 18.6 Å². The molecule has 0 radical (unpaired) electrons. The number of amides is 1. The Morgan fingerprint density at radius 3 is 2.81 bits per heavy atom. The van der Waals surface area contributed by atoms with Crippen molar-refractivity contribution in [2.24, 2.45) is 16.8 Å². The summed E-state index contributed by atoms with van der Waals surface area (Å²) in [6, 6.07) is 5.18. The minimum absolute atomic E-state index is 0.107. The summed E-state index contributed by atoms with van der Waals surface area (Å²) in [5.41, 5.74) is 6.09. The topological polar surface area (TPSA) is 106 Å². The fourth-order valence-electron chi connectivity index (χ4n) is 2.07. The molecule has 0 aliphatic carbocycles. The summed E-state index contributed by atoms with van der Waals surface area (Å²) in [5.74, 6) is 0.147. The highest BCUT2D eigenvalue weighted by molar-refractivity contribution is 6.07. The lowest BCUT2D eigenvalue weighted by molar-refractivity contribution is -0.118. The van der Waals surface area contributed by atoms with Crippen LogP contribution in [0.3, 0.4) is 0 Å². The van der Waals surface area contributed by atoms with Crippen molar-refractivity contribution in [3.05, 3.63) is 18.2 Å². The Bertz CT molecular complexity index is 545. The molecule has 1 aromatic carbocycles. The molecule has 114 valence electrons. The number of hydrogen-bond donors (Lipinski definition) is 3. The van der Waals surface area contributed by atoms with Crippen molar-refractivity contribution in [2.75, 3.05) is 18.5 Å². The van der Waals surface area contributed by atoms with E-state index in [1.54, 1.807) is 25.1 Å². The molecular weight excluding hydrogens is 274 g/mol. The van der Waals surface area contributed by atoms with Crippen molar-refractivity contribution in [3.63, 3.8) is 0 Å². The molecule has 1 amide bonds. The monoisotopic (exact) mass is 293 g/mol. The smallest absolute Gasteiger partial charge is 0.235 e. The third kappa shape index (κ3) is 3.56. The number of carbonyl (C=O) groups excluding carboxylic acids is 1. The van der Waals surface area contributed by atoms with Crippen molar-refractivity contribution in [1.29, 1.82) is 0 Å². The van der Waals surface area contributed by atoms with Gasteiger partial charge < -0.3 is 25.7 Å². The molecule has 7 nitrogen and oxygen atoms in total. The number of nitrogens with zero attached hydrogens (tertiary/aromatic N) is 1. The summed E-state index contributed by atoms with van der Waals surface area (Å²) >= 11 is 0. The van der Waals surface area contributed by atoms with Gasteiger partial charge in [0.15, 0.2) is 17.3 Å². The molecule has 1 aliphatic rings. The van der Waals surface area contributed by atoms with Gasteiger partial charge in [0.05, 0.1) is 19.1 Å². The van der Waals surface area contributed by atoms with Crippen LogP contribution in [-0.2, 0) is 4.79 Å². The molecule has 1 atom stereocenters. The van der Waals surface area contributed by atoms with E-state index in [1.165, 1.54) is 0 Å². The van der Waals surface area contributed by atoms with Crippen molar-refractivity contribution < 1.29 is 19.5 Å². The zero-order valence-electron chi connectivity index (χ0n) is 11.8. The minimum Gasteiger partial charge on any atom is -0.490 e. The fourth-order valence-corrected chi connectivity index (χ4v) is 2.07. The molecule has 2 rings (SSSR count). The molecule has 0 saturated carbocycles. The van der Waals surface area contributed by atoms with Gasteiger partial charge in [-0.15, -0.1) is 0 Å². The first kappa shape index (κ1) is 15.0. The van der Waals surface area contributed by atoms with E-state index in [2.05, 4.69) is 10.5 Å². The second-order valence-corrected chi connectivity index (χ2v) is 4.69. The Kier molecular flexibility index (Phi) is 4.86. The molecule has 0 aromatic heterocycles. The number of anilines is 1. The van der Waals surface area contributed by atoms with Gasteiger partial charge in [-0.1, -0.05) is 12.1 Å². The van der Waals surface area contributed by atoms with Crippen LogP contribution in [0, 0.1) is 5.92 Å². The van der Waals surface area contributed by atoms with Crippen LogP contribution in [0.5, 0.6) is 11.5 Å². The summed E-state index contributed by atoms with van der Waals surface area (Å²) in [5, 5.41) is 14.3. The SMILES string of the molecule is CCC(C(=O)Nc1ccc2c(c1)OCCCO2)C(N)=NO.